The predicted molar refractivity (Wildman–Crippen MR) is 78.1 cm³/mol. The van der Waals surface area contributed by atoms with E-state index in [1.165, 1.54) is 11.8 Å². The van der Waals surface area contributed by atoms with E-state index in [1.807, 2.05) is 11.6 Å². The average molecular weight is 294 g/mol. The van der Waals surface area contributed by atoms with Gasteiger partial charge in [0.1, 0.15) is 5.82 Å². The highest BCUT2D eigenvalue weighted by atomic mass is 35.5. The molecule has 1 N–H and O–H groups in total. The Hall–Kier alpha value is -1.39. The quantitative estimate of drug-likeness (QED) is 0.919. The van der Waals surface area contributed by atoms with E-state index in [1.54, 1.807) is 12.1 Å². The first-order chi connectivity index (χ1) is 9.65. The highest BCUT2D eigenvalue weighted by Gasteiger charge is 2.21. The molecule has 0 amide bonds. The lowest BCUT2D eigenvalue weighted by Gasteiger charge is -2.23. The summed E-state index contributed by atoms with van der Waals surface area (Å²) in [4.78, 5) is 0. The summed E-state index contributed by atoms with van der Waals surface area (Å²) in [6.45, 7) is 4.03. The Morgan fingerprint density at radius 3 is 2.75 bits per heavy atom. The molecular weight excluding hydrogens is 277 g/mol. The monoisotopic (exact) mass is 293 g/mol. The van der Waals surface area contributed by atoms with Crippen molar-refractivity contribution in [2.75, 3.05) is 13.1 Å². The van der Waals surface area contributed by atoms with Gasteiger partial charge in [-0.15, -0.1) is 0 Å². The van der Waals surface area contributed by atoms with Crippen LogP contribution in [0.2, 0.25) is 5.02 Å². The number of piperidine rings is 1. The SMILES string of the molecule is Cc1cc(C2CCNCC2)n(-c2ccc(F)c(Cl)c2)n1. The van der Waals surface area contributed by atoms with Crippen molar-refractivity contribution >= 4 is 11.6 Å². The van der Waals surface area contributed by atoms with Crippen LogP contribution >= 0.6 is 11.6 Å². The van der Waals surface area contributed by atoms with Gasteiger partial charge in [-0.05, 0) is 57.1 Å². The summed E-state index contributed by atoms with van der Waals surface area (Å²) in [5.41, 5.74) is 2.98. The number of hydrogen-bond donors (Lipinski definition) is 1. The molecule has 5 heteroatoms. The van der Waals surface area contributed by atoms with Crippen LogP contribution in [-0.2, 0) is 0 Å². The van der Waals surface area contributed by atoms with Gasteiger partial charge in [0.15, 0.2) is 0 Å². The van der Waals surface area contributed by atoms with Crippen LogP contribution in [0.5, 0.6) is 0 Å². The summed E-state index contributed by atoms with van der Waals surface area (Å²) in [5.74, 6) is 0.0870. The minimum absolute atomic E-state index is 0.131. The molecule has 2 heterocycles. The standard InChI is InChI=1S/C15H17ClFN3/c1-10-8-15(11-4-6-18-7-5-11)20(19-10)12-2-3-14(17)13(16)9-12/h2-3,8-9,11,18H,4-7H2,1H3. The molecule has 0 saturated carbocycles. The Bertz CT molecular complexity index is 618. The van der Waals surface area contributed by atoms with E-state index in [2.05, 4.69) is 16.5 Å². The van der Waals surface area contributed by atoms with Gasteiger partial charge in [0.25, 0.3) is 0 Å². The molecule has 106 valence electrons. The number of aromatic nitrogens is 2. The molecule has 1 aliphatic rings. The molecule has 0 radical (unpaired) electrons. The van der Waals surface area contributed by atoms with E-state index in [4.69, 9.17) is 11.6 Å². The molecule has 3 rings (SSSR count). The number of hydrogen-bond acceptors (Lipinski definition) is 2. The van der Waals surface area contributed by atoms with Crippen LogP contribution in [-0.4, -0.2) is 22.9 Å². The summed E-state index contributed by atoms with van der Waals surface area (Å²) in [6, 6.07) is 6.86. The van der Waals surface area contributed by atoms with Gasteiger partial charge in [-0.1, -0.05) is 11.6 Å². The van der Waals surface area contributed by atoms with Crippen molar-refractivity contribution in [1.29, 1.82) is 0 Å². The molecule has 0 aliphatic carbocycles. The first-order valence-corrected chi connectivity index (χ1v) is 7.25. The zero-order valence-electron chi connectivity index (χ0n) is 11.4. The van der Waals surface area contributed by atoms with Crippen LogP contribution in [0.25, 0.3) is 5.69 Å². The minimum Gasteiger partial charge on any atom is -0.317 e. The van der Waals surface area contributed by atoms with Crippen LogP contribution in [0.15, 0.2) is 24.3 Å². The van der Waals surface area contributed by atoms with Crippen LogP contribution in [0.1, 0.15) is 30.1 Å². The third kappa shape index (κ3) is 2.58. The molecule has 0 atom stereocenters. The average Bonchev–Trinajstić information content (AvgIpc) is 2.85. The van der Waals surface area contributed by atoms with E-state index in [-0.39, 0.29) is 5.02 Å². The smallest absolute Gasteiger partial charge is 0.141 e. The van der Waals surface area contributed by atoms with Gasteiger partial charge in [0.05, 0.1) is 16.4 Å². The second-order valence-corrected chi connectivity index (χ2v) is 5.65. The van der Waals surface area contributed by atoms with E-state index < -0.39 is 5.82 Å². The highest BCUT2D eigenvalue weighted by molar-refractivity contribution is 6.30. The summed E-state index contributed by atoms with van der Waals surface area (Å²) >= 11 is 5.88. The largest absolute Gasteiger partial charge is 0.317 e. The fourth-order valence-electron chi connectivity index (χ4n) is 2.75. The molecule has 1 fully saturated rings. The van der Waals surface area contributed by atoms with Crippen molar-refractivity contribution in [3.63, 3.8) is 0 Å². The summed E-state index contributed by atoms with van der Waals surface area (Å²) < 4.78 is 15.2. The maximum atomic E-state index is 13.3. The van der Waals surface area contributed by atoms with Crippen molar-refractivity contribution in [1.82, 2.24) is 15.1 Å². The number of aryl methyl sites for hydroxylation is 1. The van der Waals surface area contributed by atoms with E-state index in [0.717, 1.165) is 37.3 Å². The second-order valence-electron chi connectivity index (χ2n) is 5.25. The predicted octanol–water partition coefficient (Wildman–Crippen LogP) is 3.44. The lowest BCUT2D eigenvalue weighted by Crippen LogP contribution is -2.27. The summed E-state index contributed by atoms with van der Waals surface area (Å²) in [5, 5.41) is 8.04. The Morgan fingerprint density at radius 2 is 2.05 bits per heavy atom. The van der Waals surface area contributed by atoms with Gasteiger partial charge < -0.3 is 5.32 Å². The van der Waals surface area contributed by atoms with Crippen LogP contribution in [0.3, 0.4) is 0 Å². The van der Waals surface area contributed by atoms with Crippen molar-refractivity contribution in [3.05, 3.63) is 46.5 Å². The van der Waals surface area contributed by atoms with Gasteiger partial charge in [-0.2, -0.15) is 5.10 Å². The normalized spacial score (nSPS) is 16.6. The summed E-state index contributed by atoms with van der Waals surface area (Å²) in [6.07, 6.45) is 2.19. The van der Waals surface area contributed by atoms with Gasteiger partial charge >= 0.3 is 0 Å². The van der Waals surface area contributed by atoms with E-state index in [0.29, 0.717) is 5.92 Å². The molecule has 1 saturated heterocycles. The number of nitrogens with zero attached hydrogens (tertiary/aromatic N) is 2. The molecule has 1 aromatic heterocycles. The third-order valence-electron chi connectivity index (χ3n) is 3.76. The van der Waals surface area contributed by atoms with Gasteiger partial charge in [-0.3, -0.25) is 0 Å². The Balaban J connectivity index is 2.01. The van der Waals surface area contributed by atoms with Crippen LogP contribution in [0.4, 0.5) is 4.39 Å². The maximum Gasteiger partial charge on any atom is 0.141 e. The lowest BCUT2D eigenvalue weighted by molar-refractivity contribution is 0.446. The molecule has 1 aromatic carbocycles. The number of nitrogens with one attached hydrogen (secondary N) is 1. The molecular formula is C15H17ClFN3. The minimum atomic E-state index is -0.400. The van der Waals surface area contributed by atoms with Gasteiger partial charge in [0.2, 0.25) is 0 Å². The first-order valence-electron chi connectivity index (χ1n) is 6.88. The van der Waals surface area contributed by atoms with Crippen molar-refractivity contribution in [2.45, 2.75) is 25.7 Å². The Labute approximate surface area is 122 Å². The highest BCUT2D eigenvalue weighted by Crippen LogP contribution is 2.29. The second kappa shape index (κ2) is 5.54. The zero-order valence-corrected chi connectivity index (χ0v) is 12.1. The molecule has 20 heavy (non-hydrogen) atoms. The molecule has 3 nitrogen and oxygen atoms in total. The zero-order chi connectivity index (χ0) is 14.1. The molecule has 0 spiro atoms. The Kier molecular flexibility index (Phi) is 3.76. The fourth-order valence-corrected chi connectivity index (χ4v) is 2.93. The number of benzene rings is 1. The molecule has 0 unspecified atom stereocenters. The van der Waals surface area contributed by atoms with Crippen LogP contribution in [0, 0.1) is 12.7 Å². The van der Waals surface area contributed by atoms with Crippen molar-refractivity contribution < 1.29 is 4.39 Å². The summed E-state index contributed by atoms with van der Waals surface area (Å²) in [7, 11) is 0. The van der Waals surface area contributed by atoms with Gasteiger partial charge in [0, 0.05) is 11.6 Å². The van der Waals surface area contributed by atoms with E-state index >= 15 is 0 Å². The number of halogens is 2. The molecule has 2 aromatic rings. The fraction of sp³-hybridized carbons (Fsp3) is 0.400. The topological polar surface area (TPSA) is 29.9 Å². The first kappa shape index (κ1) is 13.6. The van der Waals surface area contributed by atoms with Crippen molar-refractivity contribution in [3.8, 4) is 5.69 Å². The van der Waals surface area contributed by atoms with Crippen LogP contribution < -0.4 is 5.32 Å². The maximum absolute atomic E-state index is 13.3. The Morgan fingerprint density at radius 1 is 1.30 bits per heavy atom. The lowest BCUT2D eigenvalue weighted by atomic mass is 9.94. The van der Waals surface area contributed by atoms with Gasteiger partial charge in [-0.25, -0.2) is 9.07 Å². The third-order valence-corrected chi connectivity index (χ3v) is 4.05. The molecule has 1 aliphatic heterocycles. The van der Waals surface area contributed by atoms with E-state index in [9.17, 15) is 4.39 Å². The van der Waals surface area contributed by atoms with Crippen molar-refractivity contribution in [2.24, 2.45) is 0 Å². The molecule has 0 bridgehead atoms. The number of rotatable bonds is 2.